The van der Waals surface area contributed by atoms with E-state index in [2.05, 4.69) is 11.8 Å². The van der Waals surface area contributed by atoms with E-state index in [0.717, 1.165) is 52.0 Å². The van der Waals surface area contributed by atoms with E-state index in [1.807, 2.05) is 11.0 Å². The first-order valence-corrected chi connectivity index (χ1v) is 7.94. The van der Waals surface area contributed by atoms with E-state index in [0.29, 0.717) is 5.56 Å². The van der Waals surface area contributed by atoms with Gasteiger partial charge in [0.25, 0.3) is 0 Å². The van der Waals surface area contributed by atoms with Gasteiger partial charge >= 0.3 is 0 Å². The number of halogens is 1. The molecule has 114 valence electrons. The van der Waals surface area contributed by atoms with E-state index in [9.17, 15) is 9.18 Å². The molecule has 0 N–H and O–H groups in total. The highest BCUT2D eigenvalue weighted by molar-refractivity contribution is 5.89. The summed E-state index contributed by atoms with van der Waals surface area (Å²) in [5.41, 5.74) is -0.00104. The highest BCUT2D eigenvalue weighted by atomic mass is 19.1. The van der Waals surface area contributed by atoms with E-state index >= 15 is 0 Å². The molecule has 1 heterocycles. The largest absolute Gasteiger partial charge is 0.339 e. The molecule has 1 aliphatic carbocycles. The van der Waals surface area contributed by atoms with Gasteiger partial charge in [0, 0.05) is 31.7 Å². The molecule has 0 aromatic heterocycles. The third-order valence-electron chi connectivity index (χ3n) is 5.11. The highest BCUT2D eigenvalue weighted by Crippen LogP contribution is 2.46. The average Bonchev–Trinajstić information content (AvgIpc) is 2.48. The zero-order chi connectivity index (χ0) is 14.9. The highest BCUT2D eigenvalue weighted by Gasteiger charge is 2.49. The first-order valence-electron chi connectivity index (χ1n) is 7.94. The average molecular weight is 290 g/mol. The van der Waals surface area contributed by atoms with Gasteiger partial charge in [-0.15, -0.1) is 0 Å². The Bertz CT molecular complexity index is 519. The number of rotatable bonds is 3. The predicted molar refractivity (Wildman–Crippen MR) is 80.6 cm³/mol. The first kappa shape index (κ1) is 14.5. The number of hydrogen-bond donors (Lipinski definition) is 0. The summed E-state index contributed by atoms with van der Waals surface area (Å²) < 4.78 is 14.2. The van der Waals surface area contributed by atoms with Gasteiger partial charge in [-0.3, -0.25) is 4.79 Å². The number of likely N-dealkylation sites (N-methyl/N-ethyl adjacent to an activating group) is 1. The lowest BCUT2D eigenvalue weighted by molar-refractivity contribution is -0.142. The molecule has 1 aliphatic heterocycles. The van der Waals surface area contributed by atoms with Crippen molar-refractivity contribution in [3.05, 3.63) is 35.6 Å². The van der Waals surface area contributed by atoms with Crippen molar-refractivity contribution in [1.29, 1.82) is 0 Å². The van der Waals surface area contributed by atoms with Crippen LogP contribution in [0.3, 0.4) is 0 Å². The van der Waals surface area contributed by atoms with Crippen LogP contribution >= 0.6 is 0 Å². The maximum atomic E-state index is 14.2. The normalized spacial score (nSPS) is 21.9. The fourth-order valence-electron chi connectivity index (χ4n) is 3.55. The maximum Gasteiger partial charge on any atom is 0.233 e. The molecule has 0 radical (unpaired) electrons. The molecule has 3 nitrogen and oxygen atoms in total. The molecule has 1 saturated carbocycles. The van der Waals surface area contributed by atoms with Crippen LogP contribution in [0.25, 0.3) is 0 Å². The van der Waals surface area contributed by atoms with Gasteiger partial charge in [0.15, 0.2) is 0 Å². The third-order valence-corrected chi connectivity index (χ3v) is 5.11. The number of nitrogens with zero attached hydrogens (tertiary/aromatic N) is 2. The van der Waals surface area contributed by atoms with Gasteiger partial charge in [-0.2, -0.15) is 0 Å². The second-order valence-electron chi connectivity index (χ2n) is 6.14. The second kappa shape index (κ2) is 5.76. The number of carbonyl (C=O) groups excluding carboxylic acids is 1. The molecule has 0 spiro atoms. The summed E-state index contributed by atoms with van der Waals surface area (Å²) >= 11 is 0. The molecule has 1 aromatic rings. The molecular weight excluding hydrogens is 267 g/mol. The predicted octanol–water partition coefficient (Wildman–Crippen LogP) is 2.41. The van der Waals surface area contributed by atoms with Crippen LogP contribution in [0.15, 0.2) is 24.3 Å². The summed E-state index contributed by atoms with van der Waals surface area (Å²) in [4.78, 5) is 17.3. The SMILES string of the molecule is CCN1CCN(C(=O)C2(c3ccccc3F)CCC2)CC1. The van der Waals surface area contributed by atoms with Crippen molar-refractivity contribution in [3.8, 4) is 0 Å². The van der Waals surface area contributed by atoms with Gasteiger partial charge in [0.05, 0.1) is 5.41 Å². The summed E-state index contributed by atoms with van der Waals surface area (Å²) in [6, 6.07) is 6.78. The van der Waals surface area contributed by atoms with Crippen molar-refractivity contribution in [2.75, 3.05) is 32.7 Å². The first-order chi connectivity index (χ1) is 10.2. The summed E-state index contributed by atoms with van der Waals surface area (Å²) in [5, 5.41) is 0. The zero-order valence-electron chi connectivity index (χ0n) is 12.6. The van der Waals surface area contributed by atoms with Crippen molar-refractivity contribution in [1.82, 2.24) is 9.80 Å². The molecule has 21 heavy (non-hydrogen) atoms. The Balaban J connectivity index is 1.80. The number of carbonyl (C=O) groups is 1. The van der Waals surface area contributed by atoms with Crippen LogP contribution in [0.4, 0.5) is 4.39 Å². The van der Waals surface area contributed by atoms with Crippen LogP contribution in [0.5, 0.6) is 0 Å². The summed E-state index contributed by atoms with van der Waals surface area (Å²) in [6.45, 7) is 6.56. The Morgan fingerprint density at radius 1 is 1.19 bits per heavy atom. The number of benzene rings is 1. The fraction of sp³-hybridized carbons (Fsp3) is 0.588. The number of hydrogen-bond acceptors (Lipinski definition) is 2. The van der Waals surface area contributed by atoms with E-state index < -0.39 is 5.41 Å². The van der Waals surface area contributed by atoms with Crippen molar-refractivity contribution in [2.24, 2.45) is 0 Å². The van der Waals surface area contributed by atoms with Gasteiger partial charge in [-0.1, -0.05) is 31.5 Å². The number of piperazine rings is 1. The van der Waals surface area contributed by atoms with E-state index in [1.165, 1.54) is 6.07 Å². The summed E-state index contributed by atoms with van der Waals surface area (Å²) in [5.74, 6) is -0.104. The molecule has 2 aliphatic rings. The third kappa shape index (κ3) is 2.46. The molecule has 0 unspecified atom stereocenters. The van der Waals surface area contributed by atoms with Gasteiger partial charge in [0.2, 0.25) is 5.91 Å². The topological polar surface area (TPSA) is 23.6 Å². The van der Waals surface area contributed by atoms with Crippen LogP contribution in [-0.4, -0.2) is 48.4 Å². The van der Waals surface area contributed by atoms with Gasteiger partial charge in [-0.05, 0) is 25.5 Å². The van der Waals surface area contributed by atoms with Crippen molar-refractivity contribution < 1.29 is 9.18 Å². The molecule has 0 atom stereocenters. The van der Waals surface area contributed by atoms with E-state index in [-0.39, 0.29) is 11.7 Å². The van der Waals surface area contributed by atoms with Gasteiger partial charge < -0.3 is 9.80 Å². The summed E-state index contributed by atoms with van der Waals surface area (Å²) in [6.07, 6.45) is 2.57. The summed E-state index contributed by atoms with van der Waals surface area (Å²) in [7, 11) is 0. The van der Waals surface area contributed by atoms with Crippen LogP contribution in [0.1, 0.15) is 31.7 Å². The molecule has 2 fully saturated rings. The Hall–Kier alpha value is -1.42. The smallest absolute Gasteiger partial charge is 0.233 e. The van der Waals surface area contributed by atoms with Crippen LogP contribution in [0.2, 0.25) is 0 Å². The molecule has 1 amide bonds. The zero-order valence-corrected chi connectivity index (χ0v) is 12.6. The Labute approximate surface area is 125 Å². The van der Waals surface area contributed by atoms with Crippen LogP contribution in [0, 0.1) is 5.82 Å². The van der Waals surface area contributed by atoms with Crippen molar-refractivity contribution >= 4 is 5.91 Å². The van der Waals surface area contributed by atoms with Crippen LogP contribution < -0.4 is 0 Å². The van der Waals surface area contributed by atoms with Crippen LogP contribution in [-0.2, 0) is 10.2 Å². The van der Waals surface area contributed by atoms with Crippen molar-refractivity contribution in [3.63, 3.8) is 0 Å². The maximum absolute atomic E-state index is 14.2. The molecule has 1 saturated heterocycles. The Morgan fingerprint density at radius 3 is 2.38 bits per heavy atom. The quantitative estimate of drug-likeness (QED) is 0.853. The van der Waals surface area contributed by atoms with Gasteiger partial charge in [-0.25, -0.2) is 4.39 Å². The second-order valence-corrected chi connectivity index (χ2v) is 6.14. The minimum Gasteiger partial charge on any atom is -0.339 e. The Morgan fingerprint density at radius 2 is 1.86 bits per heavy atom. The molecular formula is C17H23FN2O. The molecule has 1 aromatic carbocycles. The molecule has 3 rings (SSSR count). The lowest BCUT2D eigenvalue weighted by Crippen LogP contribution is -2.56. The minimum absolute atomic E-state index is 0.134. The van der Waals surface area contributed by atoms with E-state index in [1.54, 1.807) is 12.1 Å². The number of amides is 1. The lowest BCUT2D eigenvalue weighted by Gasteiger charge is -2.46. The fourth-order valence-corrected chi connectivity index (χ4v) is 3.55. The molecule has 0 bridgehead atoms. The van der Waals surface area contributed by atoms with E-state index in [4.69, 9.17) is 0 Å². The van der Waals surface area contributed by atoms with Crippen molar-refractivity contribution in [2.45, 2.75) is 31.6 Å². The standard InChI is InChI=1S/C17H23FN2O/c1-2-19-10-12-20(13-11-19)16(21)17(8-5-9-17)14-6-3-4-7-15(14)18/h3-4,6-7H,2,5,8-13H2,1H3. The lowest BCUT2D eigenvalue weighted by atomic mass is 9.63. The minimum atomic E-state index is -0.597. The Kier molecular flexibility index (Phi) is 3.98. The van der Waals surface area contributed by atoms with Gasteiger partial charge in [0.1, 0.15) is 5.82 Å². The monoisotopic (exact) mass is 290 g/mol. The molecule has 4 heteroatoms.